The zero-order chi connectivity index (χ0) is 12.1. The molecule has 0 aliphatic rings. The van der Waals surface area contributed by atoms with Gasteiger partial charge in [-0.1, -0.05) is 0 Å². The van der Waals surface area contributed by atoms with Crippen LogP contribution in [-0.2, 0) is 4.74 Å². The lowest BCUT2D eigenvalue weighted by molar-refractivity contribution is 0.0321. The van der Waals surface area contributed by atoms with Crippen molar-refractivity contribution in [1.29, 1.82) is 0 Å². The Hall–Kier alpha value is -1.24. The van der Waals surface area contributed by atoms with E-state index in [1.165, 1.54) is 19.5 Å². The van der Waals surface area contributed by atoms with Crippen LogP contribution in [0.2, 0.25) is 0 Å². The number of rotatable bonds is 4. The standard InChI is InChI=1S/C9H11ClN2O4/c1-16-9(15)8-11-3-5(4-12-8)7(14)6(13)2-10/h3-4,6-7,13-14H,2H2,1H3. The van der Waals surface area contributed by atoms with Crippen molar-refractivity contribution in [2.75, 3.05) is 13.0 Å². The minimum Gasteiger partial charge on any atom is -0.463 e. The van der Waals surface area contributed by atoms with E-state index in [0.29, 0.717) is 0 Å². The third-order valence-corrected chi connectivity index (χ3v) is 2.22. The fourth-order valence-electron chi connectivity index (χ4n) is 0.994. The Morgan fingerprint density at radius 1 is 1.50 bits per heavy atom. The Labute approximate surface area is 96.9 Å². The molecule has 6 nitrogen and oxygen atoms in total. The van der Waals surface area contributed by atoms with E-state index in [1.54, 1.807) is 0 Å². The Kier molecular flexibility index (Phi) is 4.60. The number of esters is 1. The number of carbonyl (C=O) groups excluding carboxylic acids is 1. The summed E-state index contributed by atoms with van der Waals surface area (Å²) in [7, 11) is 1.21. The van der Waals surface area contributed by atoms with Crippen molar-refractivity contribution >= 4 is 17.6 Å². The second kappa shape index (κ2) is 5.74. The van der Waals surface area contributed by atoms with Gasteiger partial charge in [-0.05, 0) is 0 Å². The molecule has 0 bridgehead atoms. The molecule has 88 valence electrons. The normalized spacial score (nSPS) is 14.2. The highest BCUT2D eigenvalue weighted by Crippen LogP contribution is 2.15. The van der Waals surface area contributed by atoms with Gasteiger partial charge in [-0.2, -0.15) is 0 Å². The van der Waals surface area contributed by atoms with Crippen LogP contribution in [0.5, 0.6) is 0 Å². The van der Waals surface area contributed by atoms with Gasteiger partial charge in [0.2, 0.25) is 5.82 Å². The summed E-state index contributed by atoms with van der Waals surface area (Å²) in [6.07, 6.45) is 0.192. The number of methoxy groups -OCH3 is 1. The molecule has 0 radical (unpaired) electrons. The van der Waals surface area contributed by atoms with E-state index in [4.69, 9.17) is 11.6 Å². The third kappa shape index (κ3) is 2.88. The molecule has 16 heavy (non-hydrogen) atoms. The molecule has 0 saturated carbocycles. The first-order valence-corrected chi connectivity index (χ1v) is 4.96. The lowest BCUT2D eigenvalue weighted by Crippen LogP contribution is -2.20. The second-order valence-electron chi connectivity index (χ2n) is 3.00. The number of carbonyl (C=O) groups is 1. The number of aliphatic hydroxyl groups is 2. The quantitative estimate of drug-likeness (QED) is 0.569. The summed E-state index contributed by atoms with van der Waals surface area (Å²) >= 11 is 5.38. The van der Waals surface area contributed by atoms with Gasteiger partial charge >= 0.3 is 5.97 Å². The van der Waals surface area contributed by atoms with Gasteiger partial charge in [-0.15, -0.1) is 11.6 Å². The Balaban J connectivity index is 2.82. The Bertz CT molecular complexity index is 357. The van der Waals surface area contributed by atoms with E-state index in [0.717, 1.165) is 0 Å². The highest BCUT2D eigenvalue weighted by atomic mass is 35.5. The van der Waals surface area contributed by atoms with Crippen LogP contribution in [0.25, 0.3) is 0 Å². The number of aliphatic hydroxyl groups excluding tert-OH is 2. The number of hydrogen-bond acceptors (Lipinski definition) is 6. The third-order valence-electron chi connectivity index (χ3n) is 1.90. The van der Waals surface area contributed by atoms with Gasteiger partial charge in [-0.3, -0.25) is 0 Å². The number of nitrogens with zero attached hydrogens (tertiary/aromatic N) is 2. The van der Waals surface area contributed by atoms with Gasteiger partial charge in [0.05, 0.1) is 19.1 Å². The molecule has 0 saturated heterocycles. The molecule has 1 aromatic heterocycles. The van der Waals surface area contributed by atoms with Crippen LogP contribution in [0, 0.1) is 0 Å². The fraction of sp³-hybridized carbons (Fsp3) is 0.444. The summed E-state index contributed by atoms with van der Waals surface area (Å²) in [5.74, 6) is -0.891. The first kappa shape index (κ1) is 12.8. The summed E-state index contributed by atoms with van der Waals surface area (Å²) in [6, 6.07) is 0. The van der Waals surface area contributed by atoms with E-state index in [-0.39, 0.29) is 17.3 Å². The summed E-state index contributed by atoms with van der Waals surface area (Å²) in [4.78, 5) is 18.4. The highest BCUT2D eigenvalue weighted by molar-refractivity contribution is 6.18. The van der Waals surface area contributed by atoms with Crippen LogP contribution in [-0.4, -0.2) is 45.2 Å². The maximum Gasteiger partial charge on any atom is 0.376 e. The van der Waals surface area contributed by atoms with E-state index in [9.17, 15) is 15.0 Å². The largest absolute Gasteiger partial charge is 0.463 e. The first-order valence-electron chi connectivity index (χ1n) is 4.42. The molecule has 0 spiro atoms. The number of halogens is 1. The number of alkyl halides is 1. The lowest BCUT2D eigenvalue weighted by atomic mass is 10.1. The van der Waals surface area contributed by atoms with Gasteiger partial charge in [0.25, 0.3) is 0 Å². The van der Waals surface area contributed by atoms with Crippen molar-refractivity contribution in [3.05, 3.63) is 23.8 Å². The minimum atomic E-state index is -1.18. The van der Waals surface area contributed by atoms with Gasteiger partial charge in [0, 0.05) is 18.0 Å². The SMILES string of the molecule is COC(=O)c1ncc(C(O)C(O)CCl)cn1. The van der Waals surface area contributed by atoms with Gasteiger partial charge in [-0.25, -0.2) is 14.8 Å². The molecular formula is C9H11ClN2O4. The molecule has 2 atom stereocenters. The van der Waals surface area contributed by atoms with E-state index in [1.807, 2.05) is 0 Å². The molecule has 0 aromatic carbocycles. The molecule has 0 aliphatic carbocycles. The topological polar surface area (TPSA) is 92.5 Å². The summed E-state index contributed by atoms with van der Waals surface area (Å²) in [5.41, 5.74) is 0.279. The van der Waals surface area contributed by atoms with Crippen LogP contribution >= 0.6 is 11.6 Å². The predicted octanol–water partition coefficient (Wildman–Crippen LogP) is -0.104. The van der Waals surface area contributed by atoms with Crippen LogP contribution in [0.1, 0.15) is 22.3 Å². The smallest absolute Gasteiger partial charge is 0.376 e. The summed E-state index contributed by atoms with van der Waals surface area (Å²) < 4.78 is 4.41. The minimum absolute atomic E-state index is 0.111. The highest BCUT2D eigenvalue weighted by Gasteiger charge is 2.19. The van der Waals surface area contributed by atoms with Crippen molar-refractivity contribution in [2.45, 2.75) is 12.2 Å². The molecule has 0 aliphatic heterocycles. The van der Waals surface area contributed by atoms with Crippen molar-refractivity contribution in [3.63, 3.8) is 0 Å². The zero-order valence-electron chi connectivity index (χ0n) is 8.50. The molecular weight excluding hydrogens is 236 g/mol. The average Bonchev–Trinajstić information content (AvgIpc) is 2.36. The zero-order valence-corrected chi connectivity index (χ0v) is 9.26. The maximum atomic E-state index is 11.0. The van der Waals surface area contributed by atoms with Crippen LogP contribution in [0.4, 0.5) is 0 Å². The molecule has 1 aromatic rings. The van der Waals surface area contributed by atoms with Crippen LogP contribution < -0.4 is 0 Å². The van der Waals surface area contributed by atoms with Crippen LogP contribution in [0.15, 0.2) is 12.4 Å². The maximum absolute atomic E-state index is 11.0. The molecule has 2 unspecified atom stereocenters. The molecule has 0 amide bonds. The van der Waals surface area contributed by atoms with E-state index in [2.05, 4.69) is 14.7 Å². The predicted molar refractivity (Wildman–Crippen MR) is 55.1 cm³/mol. The van der Waals surface area contributed by atoms with Crippen LogP contribution in [0.3, 0.4) is 0 Å². The van der Waals surface area contributed by atoms with E-state index >= 15 is 0 Å². The first-order chi connectivity index (χ1) is 7.60. The molecule has 7 heteroatoms. The Morgan fingerprint density at radius 2 is 2.06 bits per heavy atom. The van der Waals surface area contributed by atoms with Gasteiger partial charge in [0.15, 0.2) is 0 Å². The van der Waals surface area contributed by atoms with Crippen molar-refractivity contribution in [2.24, 2.45) is 0 Å². The number of ether oxygens (including phenoxy) is 1. The number of aromatic nitrogens is 2. The monoisotopic (exact) mass is 246 g/mol. The second-order valence-corrected chi connectivity index (χ2v) is 3.31. The lowest BCUT2D eigenvalue weighted by Gasteiger charge is -2.14. The van der Waals surface area contributed by atoms with Crippen molar-refractivity contribution < 1.29 is 19.7 Å². The average molecular weight is 247 g/mol. The number of hydrogen-bond donors (Lipinski definition) is 2. The molecule has 0 fully saturated rings. The van der Waals surface area contributed by atoms with Gasteiger partial charge in [0.1, 0.15) is 6.10 Å². The van der Waals surface area contributed by atoms with Crippen molar-refractivity contribution in [3.8, 4) is 0 Å². The fourth-order valence-corrected chi connectivity index (χ4v) is 1.16. The molecule has 1 rings (SSSR count). The van der Waals surface area contributed by atoms with Gasteiger partial charge < -0.3 is 14.9 Å². The van der Waals surface area contributed by atoms with E-state index < -0.39 is 18.2 Å². The summed E-state index contributed by atoms with van der Waals surface area (Å²) in [5, 5.41) is 18.8. The molecule has 1 heterocycles. The summed E-state index contributed by atoms with van der Waals surface area (Å²) in [6.45, 7) is 0. The van der Waals surface area contributed by atoms with Crippen molar-refractivity contribution in [1.82, 2.24) is 9.97 Å². The molecule has 2 N–H and O–H groups in total. The Morgan fingerprint density at radius 3 is 2.50 bits per heavy atom.